The van der Waals surface area contributed by atoms with Gasteiger partial charge in [0.15, 0.2) is 5.82 Å². The molecule has 0 aliphatic heterocycles. The Kier molecular flexibility index (Phi) is 3.38. The maximum atomic E-state index is 5.63. The third kappa shape index (κ3) is 3.04. The molecule has 0 fully saturated rings. The smallest absolute Gasteiger partial charge is 0.258 e. The Balaban J connectivity index is 2.09. The van der Waals surface area contributed by atoms with E-state index in [-0.39, 0.29) is 11.7 Å². The summed E-state index contributed by atoms with van der Waals surface area (Å²) in [6.45, 7) is 0.308. The van der Waals surface area contributed by atoms with Crippen molar-refractivity contribution in [2.45, 2.75) is 6.61 Å². The zero-order valence-electron chi connectivity index (χ0n) is 8.80. The van der Waals surface area contributed by atoms with E-state index in [0.717, 1.165) is 5.56 Å². The highest BCUT2D eigenvalue weighted by molar-refractivity contribution is 9.10. The molecule has 0 saturated carbocycles. The molecule has 0 aliphatic rings. The summed E-state index contributed by atoms with van der Waals surface area (Å²) in [5, 5.41) is 0. The molecule has 2 aromatic rings. The molecular formula is C10H10BrN5O. The van der Waals surface area contributed by atoms with Crippen LogP contribution in [0.5, 0.6) is 5.88 Å². The minimum absolute atomic E-state index is 0.246. The maximum absolute atomic E-state index is 5.63. The van der Waals surface area contributed by atoms with Crippen molar-refractivity contribution >= 4 is 27.6 Å². The number of hydrogen-bond donors (Lipinski definition) is 2. The number of nitrogens with zero attached hydrogens (tertiary/aromatic N) is 3. The second kappa shape index (κ2) is 4.96. The predicted octanol–water partition coefficient (Wildman–Crippen LogP) is 1.38. The van der Waals surface area contributed by atoms with Crippen LogP contribution in [0, 0.1) is 0 Å². The summed E-state index contributed by atoms with van der Waals surface area (Å²) in [6, 6.07) is 3.53. The molecular weight excluding hydrogens is 286 g/mol. The van der Waals surface area contributed by atoms with Crippen LogP contribution >= 0.6 is 15.9 Å². The Morgan fingerprint density at radius 3 is 2.88 bits per heavy atom. The van der Waals surface area contributed by atoms with E-state index in [9.17, 15) is 0 Å². The van der Waals surface area contributed by atoms with Gasteiger partial charge in [0.05, 0.1) is 6.20 Å². The van der Waals surface area contributed by atoms with Gasteiger partial charge in [0, 0.05) is 6.20 Å². The summed E-state index contributed by atoms with van der Waals surface area (Å²) in [4.78, 5) is 11.9. The van der Waals surface area contributed by atoms with E-state index in [0.29, 0.717) is 17.0 Å². The van der Waals surface area contributed by atoms with Gasteiger partial charge in [0.2, 0.25) is 0 Å². The molecule has 0 atom stereocenters. The highest BCUT2D eigenvalue weighted by Gasteiger charge is 2.05. The van der Waals surface area contributed by atoms with Crippen molar-refractivity contribution in [3.8, 4) is 5.88 Å². The van der Waals surface area contributed by atoms with Crippen molar-refractivity contribution in [1.82, 2.24) is 15.0 Å². The number of nitrogen functional groups attached to an aromatic ring is 2. The Labute approximate surface area is 106 Å². The molecule has 17 heavy (non-hydrogen) atoms. The van der Waals surface area contributed by atoms with E-state index < -0.39 is 0 Å². The molecule has 6 nitrogen and oxygen atoms in total. The molecule has 2 aromatic heterocycles. The van der Waals surface area contributed by atoms with Gasteiger partial charge in [-0.1, -0.05) is 0 Å². The number of nitrogens with two attached hydrogens (primary N) is 2. The van der Waals surface area contributed by atoms with Gasteiger partial charge in [-0.3, -0.25) is 0 Å². The molecule has 0 amide bonds. The number of anilines is 2. The summed E-state index contributed by atoms with van der Waals surface area (Å²) < 4.78 is 6.01. The summed E-state index contributed by atoms with van der Waals surface area (Å²) in [6.07, 6.45) is 3.12. The Bertz CT molecular complexity index is 534. The lowest BCUT2D eigenvalue weighted by molar-refractivity contribution is 0.294. The van der Waals surface area contributed by atoms with Crippen LogP contribution < -0.4 is 16.2 Å². The molecule has 0 radical (unpaired) electrons. The lowest BCUT2D eigenvalue weighted by atomic mass is 10.3. The quantitative estimate of drug-likeness (QED) is 0.887. The van der Waals surface area contributed by atoms with Crippen LogP contribution in [0.25, 0.3) is 0 Å². The number of halogens is 1. The molecule has 0 aromatic carbocycles. The predicted molar refractivity (Wildman–Crippen MR) is 67.1 cm³/mol. The van der Waals surface area contributed by atoms with Gasteiger partial charge in [-0.25, -0.2) is 15.0 Å². The topological polar surface area (TPSA) is 99.9 Å². The third-order valence-corrected chi connectivity index (χ3v) is 2.34. The highest BCUT2D eigenvalue weighted by Crippen LogP contribution is 2.19. The van der Waals surface area contributed by atoms with Gasteiger partial charge in [0.1, 0.15) is 17.0 Å². The van der Waals surface area contributed by atoms with Crippen LogP contribution in [0.2, 0.25) is 0 Å². The fraction of sp³-hybridized carbons (Fsp3) is 0.100. The first kappa shape index (κ1) is 11.6. The van der Waals surface area contributed by atoms with Gasteiger partial charge in [-0.2, -0.15) is 0 Å². The van der Waals surface area contributed by atoms with E-state index in [1.54, 1.807) is 18.3 Å². The first-order chi connectivity index (χ1) is 8.15. The number of aromatic nitrogens is 3. The van der Waals surface area contributed by atoms with E-state index in [1.165, 1.54) is 6.20 Å². The maximum Gasteiger partial charge on any atom is 0.258 e. The monoisotopic (exact) mass is 295 g/mol. The number of ether oxygens (including phenoxy) is 1. The summed E-state index contributed by atoms with van der Waals surface area (Å²) >= 11 is 3.19. The van der Waals surface area contributed by atoms with Crippen molar-refractivity contribution in [2.75, 3.05) is 11.5 Å². The van der Waals surface area contributed by atoms with Crippen molar-refractivity contribution in [1.29, 1.82) is 0 Å². The summed E-state index contributed by atoms with van der Waals surface area (Å²) in [5.74, 6) is 0.976. The zero-order valence-corrected chi connectivity index (χ0v) is 10.4. The second-order valence-electron chi connectivity index (χ2n) is 3.26. The molecule has 0 bridgehead atoms. The average molecular weight is 296 g/mol. The standard InChI is InChI=1S/C10H10BrN5O/c11-7-4-15-9(13)10(16-7)17-5-6-1-2-14-8(12)3-6/h1-4H,5H2,(H2,12,14)(H2,13,15). The number of pyridine rings is 1. The van der Waals surface area contributed by atoms with Crippen molar-refractivity contribution in [3.63, 3.8) is 0 Å². The molecule has 0 aliphatic carbocycles. The van der Waals surface area contributed by atoms with Crippen LogP contribution in [0.3, 0.4) is 0 Å². The van der Waals surface area contributed by atoms with Crippen LogP contribution in [0.15, 0.2) is 29.1 Å². The molecule has 0 unspecified atom stereocenters. The highest BCUT2D eigenvalue weighted by atomic mass is 79.9. The Hall–Kier alpha value is -1.89. The fourth-order valence-corrected chi connectivity index (χ4v) is 1.47. The summed E-state index contributed by atoms with van der Waals surface area (Å²) in [7, 11) is 0. The van der Waals surface area contributed by atoms with E-state index in [4.69, 9.17) is 16.2 Å². The largest absolute Gasteiger partial charge is 0.470 e. The van der Waals surface area contributed by atoms with Crippen LogP contribution in [-0.4, -0.2) is 15.0 Å². The van der Waals surface area contributed by atoms with Gasteiger partial charge < -0.3 is 16.2 Å². The minimum atomic E-state index is 0.246. The van der Waals surface area contributed by atoms with Crippen molar-refractivity contribution in [2.24, 2.45) is 0 Å². The molecule has 88 valence electrons. The Morgan fingerprint density at radius 1 is 1.29 bits per heavy atom. The zero-order chi connectivity index (χ0) is 12.3. The second-order valence-corrected chi connectivity index (χ2v) is 4.07. The van der Waals surface area contributed by atoms with Gasteiger partial charge in [-0.15, -0.1) is 0 Å². The lowest BCUT2D eigenvalue weighted by Gasteiger charge is -2.07. The first-order valence-corrected chi connectivity index (χ1v) is 5.55. The van der Waals surface area contributed by atoms with E-state index in [1.807, 2.05) is 0 Å². The van der Waals surface area contributed by atoms with E-state index in [2.05, 4.69) is 30.9 Å². The summed E-state index contributed by atoms with van der Waals surface area (Å²) in [5.41, 5.74) is 12.1. The number of hydrogen-bond acceptors (Lipinski definition) is 6. The van der Waals surface area contributed by atoms with Crippen LogP contribution in [0.1, 0.15) is 5.56 Å². The van der Waals surface area contributed by atoms with Gasteiger partial charge in [-0.05, 0) is 33.6 Å². The first-order valence-electron chi connectivity index (χ1n) is 4.76. The Morgan fingerprint density at radius 2 is 2.12 bits per heavy atom. The third-order valence-electron chi connectivity index (χ3n) is 1.96. The average Bonchev–Trinajstić information content (AvgIpc) is 2.30. The molecule has 0 spiro atoms. The fourth-order valence-electron chi connectivity index (χ4n) is 1.20. The normalized spacial score (nSPS) is 10.2. The molecule has 7 heteroatoms. The molecule has 4 N–H and O–H groups in total. The van der Waals surface area contributed by atoms with E-state index >= 15 is 0 Å². The molecule has 0 saturated heterocycles. The number of rotatable bonds is 3. The SMILES string of the molecule is Nc1cc(COc2nc(Br)cnc2N)ccn1. The van der Waals surface area contributed by atoms with Crippen LogP contribution in [-0.2, 0) is 6.61 Å². The van der Waals surface area contributed by atoms with Crippen LogP contribution in [0.4, 0.5) is 11.6 Å². The van der Waals surface area contributed by atoms with Gasteiger partial charge in [0.25, 0.3) is 5.88 Å². The van der Waals surface area contributed by atoms with Crippen molar-refractivity contribution in [3.05, 3.63) is 34.7 Å². The molecule has 2 rings (SSSR count). The lowest BCUT2D eigenvalue weighted by Crippen LogP contribution is -2.03. The minimum Gasteiger partial charge on any atom is -0.470 e. The van der Waals surface area contributed by atoms with Crippen molar-refractivity contribution < 1.29 is 4.74 Å². The van der Waals surface area contributed by atoms with Gasteiger partial charge >= 0.3 is 0 Å². The molecule has 2 heterocycles.